The summed E-state index contributed by atoms with van der Waals surface area (Å²) >= 11 is 0. The van der Waals surface area contributed by atoms with Gasteiger partial charge in [0.15, 0.2) is 11.5 Å². The smallest absolute Gasteiger partial charge is 0.339 e. The number of aryl methyl sites for hydroxylation is 1. The van der Waals surface area contributed by atoms with E-state index in [0.717, 1.165) is 69.0 Å². The van der Waals surface area contributed by atoms with Gasteiger partial charge in [-0.05, 0) is 99.9 Å². The van der Waals surface area contributed by atoms with Crippen LogP contribution in [-0.4, -0.2) is 81.0 Å². The van der Waals surface area contributed by atoms with Crippen molar-refractivity contribution in [2.24, 2.45) is 0 Å². The molecule has 5 rings (SSSR count). The quantitative estimate of drug-likeness (QED) is 0.111. The number of ether oxygens (including phenoxy) is 4. The Balaban J connectivity index is 1.38. The van der Waals surface area contributed by atoms with Gasteiger partial charge in [-0.15, -0.1) is 0 Å². The van der Waals surface area contributed by atoms with Gasteiger partial charge in [0, 0.05) is 60.4 Å². The number of anilines is 1. The lowest BCUT2D eigenvalue weighted by molar-refractivity contribution is -0.144. The first-order chi connectivity index (χ1) is 24.7. The first-order valence-corrected chi connectivity index (χ1v) is 18.3. The van der Waals surface area contributed by atoms with Gasteiger partial charge in [0.1, 0.15) is 11.7 Å². The monoisotopic (exact) mass is 703 g/mol. The molecule has 2 aliphatic rings. The number of nitrogens with zero attached hydrogens (tertiary/aromatic N) is 2. The summed E-state index contributed by atoms with van der Waals surface area (Å²) in [4.78, 5) is 44.4. The molecule has 51 heavy (non-hydrogen) atoms. The lowest BCUT2D eigenvalue weighted by Gasteiger charge is -2.37. The number of likely N-dealkylation sites (tertiary alicyclic amines) is 2. The molecule has 3 aromatic rings. The SMILES string of the molecule is CCC1CCCCN1CC(Cc1c(C)c2ccc(NC(=O)N3CCCCC3CC)cc2oc1=O)OC(=O)/C=C/c1cc(OC)c(OC)c(OC)c1. The van der Waals surface area contributed by atoms with Crippen molar-refractivity contribution >= 4 is 34.7 Å². The Hall–Kier alpha value is -4.51. The molecule has 0 bridgehead atoms. The van der Waals surface area contributed by atoms with Crippen LogP contribution in [0.25, 0.3) is 17.0 Å². The molecule has 3 heterocycles. The highest BCUT2D eigenvalue weighted by Crippen LogP contribution is 2.38. The van der Waals surface area contributed by atoms with Gasteiger partial charge in [0.2, 0.25) is 5.75 Å². The second kappa shape index (κ2) is 17.6. The van der Waals surface area contributed by atoms with Crippen LogP contribution in [0.5, 0.6) is 17.2 Å². The molecule has 1 aromatic heterocycles. The third-order valence-corrected chi connectivity index (χ3v) is 10.4. The van der Waals surface area contributed by atoms with Crippen molar-refractivity contribution in [2.45, 2.75) is 96.7 Å². The van der Waals surface area contributed by atoms with Crippen LogP contribution in [0.2, 0.25) is 0 Å². The lowest BCUT2D eigenvalue weighted by atomic mass is 9.97. The number of rotatable bonds is 13. The number of benzene rings is 2. The molecule has 2 amide bonds. The van der Waals surface area contributed by atoms with Gasteiger partial charge < -0.3 is 33.6 Å². The summed E-state index contributed by atoms with van der Waals surface area (Å²) in [5.74, 6) is 0.873. The second-order valence-electron chi connectivity index (χ2n) is 13.5. The van der Waals surface area contributed by atoms with E-state index in [-0.39, 0.29) is 18.5 Å². The number of amides is 2. The number of fused-ring (bicyclic) bond motifs is 1. The largest absolute Gasteiger partial charge is 0.493 e. The minimum Gasteiger partial charge on any atom is -0.493 e. The summed E-state index contributed by atoms with van der Waals surface area (Å²) < 4.78 is 28.3. The number of carbonyl (C=O) groups excluding carboxylic acids is 2. The zero-order chi connectivity index (χ0) is 36.5. The third-order valence-electron chi connectivity index (χ3n) is 10.4. The molecular formula is C40H53N3O8. The zero-order valence-electron chi connectivity index (χ0n) is 30.9. The van der Waals surface area contributed by atoms with E-state index >= 15 is 0 Å². The third kappa shape index (κ3) is 9.05. The number of urea groups is 1. The Labute approximate surface area is 300 Å². The average molecular weight is 704 g/mol. The highest BCUT2D eigenvalue weighted by atomic mass is 16.5. The van der Waals surface area contributed by atoms with Crippen molar-refractivity contribution in [1.82, 2.24) is 9.80 Å². The van der Waals surface area contributed by atoms with E-state index in [4.69, 9.17) is 23.4 Å². The molecule has 3 atom stereocenters. The Morgan fingerprint density at radius 3 is 2.29 bits per heavy atom. The van der Waals surface area contributed by atoms with Crippen molar-refractivity contribution in [1.29, 1.82) is 0 Å². The van der Waals surface area contributed by atoms with Crippen molar-refractivity contribution in [3.8, 4) is 17.2 Å². The summed E-state index contributed by atoms with van der Waals surface area (Å²) in [6.45, 7) is 8.32. The number of nitrogens with one attached hydrogen (secondary N) is 1. The molecule has 0 radical (unpaired) electrons. The number of piperidine rings is 2. The van der Waals surface area contributed by atoms with Crippen LogP contribution >= 0.6 is 0 Å². The van der Waals surface area contributed by atoms with E-state index in [9.17, 15) is 14.4 Å². The van der Waals surface area contributed by atoms with Gasteiger partial charge >= 0.3 is 17.6 Å². The molecule has 11 heteroatoms. The summed E-state index contributed by atoms with van der Waals surface area (Å²) in [7, 11) is 4.60. The molecule has 0 aliphatic carbocycles. The van der Waals surface area contributed by atoms with Crippen molar-refractivity contribution in [3.05, 3.63) is 63.5 Å². The Bertz CT molecular complexity index is 1740. The molecule has 276 valence electrons. The molecular weight excluding hydrogens is 650 g/mol. The van der Waals surface area contributed by atoms with Crippen LogP contribution in [-0.2, 0) is 16.0 Å². The predicted octanol–water partition coefficient (Wildman–Crippen LogP) is 7.36. The molecule has 0 saturated carbocycles. The van der Waals surface area contributed by atoms with E-state index in [1.807, 2.05) is 24.0 Å². The van der Waals surface area contributed by atoms with Crippen LogP contribution in [0.4, 0.5) is 10.5 Å². The maximum Gasteiger partial charge on any atom is 0.339 e. The van der Waals surface area contributed by atoms with Crippen LogP contribution in [0.15, 0.2) is 45.6 Å². The normalized spacial score (nSPS) is 18.8. The molecule has 11 nitrogen and oxygen atoms in total. The van der Waals surface area contributed by atoms with Crippen LogP contribution in [0, 0.1) is 6.92 Å². The summed E-state index contributed by atoms with van der Waals surface area (Å²) in [6.07, 6.45) is 11.0. The fraction of sp³-hybridized carbons (Fsp3) is 0.525. The molecule has 1 N–H and O–H groups in total. The highest BCUT2D eigenvalue weighted by molar-refractivity contribution is 5.93. The van der Waals surface area contributed by atoms with E-state index in [2.05, 4.69) is 24.1 Å². The lowest BCUT2D eigenvalue weighted by Crippen LogP contribution is -2.45. The predicted molar refractivity (Wildman–Crippen MR) is 199 cm³/mol. The number of esters is 1. The maximum absolute atomic E-state index is 13.6. The zero-order valence-corrected chi connectivity index (χ0v) is 30.9. The minimum atomic E-state index is -0.595. The topological polar surface area (TPSA) is 120 Å². The second-order valence-corrected chi connectivity index (χ2v) is 13.5. The fourth-order valence-electron chi connectivity index (χ4n) is 7.56. The van der Waals surface area contributed by atoms with E-state index in [1.165, 1.54) is 33.8 Å². The van der Waals surface area contributed by atoms with Crippen LogP contribution < -0.4 is 25.2 Å². The summed E-state index contributed by atoms with van der Waals surface area (Å²) in [5.41, 5.74) is 2.39. The van der Waals surface area contributed by atoms with Gasteiger partial charge in [-0.1, -0.05) is 20.3 Å². The van der Waals surface area contributed by atoms with Crippen LogP contribution in [0.3, 0.4) is 0 Å². The Kier molecular flexibility index (Phi) is 13.0. The number of hydrogen-bond acceptors (Lipinski definition) is 9. The van der Waals surface area contributed by atoms with E-state index in [0.29, 0.717) is 52.2 Å². The number of carbonyl (C=O) groups is 2. The molecule has 2 aliphatic heterocycles. The van der Waals surface area contributed by atoms with Crippen LogP contribution in [0.1, 0.15) is 81.9 Å². The van der Waals surface area contributed by atoms with Gasteiger partial charge in [-0.3, -0.25) is 4.90 Å². The van der Waals surface area contributed by atoms with E-state index < -0.39 is 17.7 Å². The molecule has 3 unspecified atom stereocenters. The molecule has 0 spiro atoms. The van der Waals surface area contributed by atoms with Gasteiger partial charge in [-0.2, -0.15) is 0 Å². The highest BCUT2D eigenvalue weighted by Gasteiger charge is 2.28. The first-order valence-electron chi connectivity index (χ1n) is 18.3. The number of hydrogen-bond donors (Lipinski definition) is 1. The van der Waals surface area contributed by atoms with Crippen molar-refractivity contribution < 1.29 is 33.0 Å². The maximum atomic E-state index is 13.6. The van der Waals surface area contributed by atoms with Crippen molar-refractivity contribution in [3.63, 3.8) is 0 Å². The fourth-order valence-corrected chi connectivity index (χ4v) is 7.56. The Morgan fingerprint density at radius 1 is 0.941 bits per heavy atom. The Morgan fingerprint density at radius 2 is 1.63 bits per heavy atom. The summed E-state index contributed by atoms with van der Waals surface area (Å²) in [5, 5.41) is 3.78. The van der Waals surface area contributed by atoms with Crippen molar-refractivity contribution in [2.75, 3.05) is 46.3 Å². The van der Waals surface area contributed by atoms with Gasteiger partial charge in [0.25, 0.3) is 0 Å². The molecule has 2 fully saturated rings. The molecule has 2 saturated heterocycles. The number of methoxy groups -OCH3 is 3. The minimum absolute atomic E-state index is 0.136. The standard InChI is InChI=1S/C40H53N3O8/c1-7-29-13-9-11-19-42(29)25-31(50-37(44)18-15-27-21-35(47-4)38(49-6)36(22-27)48-5)24-33-26(3)32-17-16-28(23-34(32)51-39(33)45)41-40(46)43-20-12-10-14-30(43)8-2/h15-18,21-23,29-31H,7-14,19-20,24-25H2,1-6H3,(H,41,46)/b18-15+. The molecule has 2 aromatic carbocycles. The summed E-state index contributed by atoms with van der Waals surface area (Å²) in [6, 6.07) is 9.40. The van der Waals surface area contributed by atoms with Gasteiger partial charge in [-0.25, -0.2) is 14.4 Å². The van der Waals surface area contributed by atoms with E-state index in [1.54, 1.807) is 24.3 Å². The van der Waals surface area contributed by atoms with Gasteiger partial charge in [0.05, 0.1) is 21.3 Å². The average Bonchev–Trinajstić information content (AvgIpc) is 3.15. The first kappa shape index (κ1) is 37.7.